The number of hydrogen-bond donors (Lipinski definition) is 3. The van der Waals surface area contributed by atoms with Crippen molar-refractivity contribution in [2.75, 3.05) is 13.2 Å². The predicted octanol–water partition coefficient (Wildman–Crippen LogP) is 22.3. The maximum absolute atomic E-state index is 12.5. The van der Waals surface area contributed by atoms with Crippen molar-refractivity contribution in [3.8, 4) is 0 Å². The summed E-state index contributed by atoms with van der Waals surface area (Å²) in [6.45, 7) is 4.95. The van der Waals surface area contributed by atoms with Crippen molar-refractivity contribution in [3.05, 3.63) is 36.5 Å². The van der Waals surface area contributed by atoms with Crippen LogP contribution in [0, 0.1) is 0 Å². The number of esters is 1. The van der Waals surface area contributed by atoms with E-state index < -0.39 is 12.1 Å². The molecule has 6 heteroatoms. The van der Waals surface area contributed by atoms with Gasteiger partial charge in [-0.2, -0.15) is 0 Å². The van der Waals surface area contributed by atoms with Gasteiger partial charge in [0.05, 0.1) is 25.4 Å². The van der Waals surface area contributed by atoms with Gasteiger partial charge in [0.2, 0.25) is 5.91 Å². The zero-order valence-corrected chi connectivity index (χ0v) is 52.0. The molecule has 0 aromatic rings. The third kappa shape index (κ3) is 63.1. The van der Waals surface area contributed by atoms with Crippen molar-refractivity contribution in [1.82, 2.24) is 5.32 Å². The summed E-state index contributed by atoms with van der Waals surface area (Å²) in [5, 5.41) is 23.3. The van der Waals surface area contributed by atoms with Gasteiger partial charge in [-0.25, -0.2) is 0 Å². The minimum Gasteiger partial charge on any atom is -0.466 e. The normalized spacial score (nSPS) is 12.7. The van der Waals surface area contributed by atoms with Crippen molar-refractivity contribution in [2.24, 2.45) is 0 Å². The Kier molecular flexibility index (Phi) is 64.9. The summed E-state index contributed by atoms with van der Waals surface area (Å²) in [4.78, 5) is 24.6. The molecule has 0 radical (unpaired) electrons. The quantitative estimate of drug-likeness (QED) is 0.0320. The number of allylic oxidation sites excluding steroid dienone is 6. The van der Waals surface area contributed by atoms with Crippen LogP contribution in [0.25, 0.3) is 0 Å². The minimum absolute atomic E-state index is 0.0110. The van der Waals surface area contributed by atoms with Crippen LogP contribution in [-0.2, 0) is 14.3 Å². The topological polar surface area (TPSA) is 95.9 Å². The van der Waals surface area contributed by atoms with Crippen molar-refractivity contribution >= 4 is 11.9 Å². The molecule has 2 atom stereocenters. The van der Waals surface area contributed by atoms with Crippen LogP contribution >= 0.6 is 0 Å². The summed E-state index contributed by atoms with van der Waals surface area (Å²) in [6.07, 6.45) is 84.7. The number of unbranched alkanes of at least 4 members (excludes halogenated alkanes) is 48. The van der Waals surface area contributed by atoms with Gasteiger partial charge in [0, 0.05) is 12.8 Å². The second kappa shape index (κ2) is 66.6. The molecule has 454 valence electrons. The van der Waals surface area contributed by atoms with Crippen LogP contribution in [0.15, 0.2) is 36.5 Å². The zero-order valence-electron chi connectivity index (χ0n) is 52.0. The second-order valence-electron chi connectivity index (χ2n) is 23.9. The fourth-order valence-corrected chi connectivity index (χ4v) is 10.8. The van der Waals surface area contributed by atoms with Crippen LogP contribution in [0.3, 0.4) is 0 Å². The highest BCUT2D eigenvalue weighted by molar-refractivity contribution is 5.76. The molecule has 2 unspecified atom stereocenters. The Morgan fingerprint density at radius 1 is 0.364 bits per heavy atom. The van der Waals surface area contributed by atoms with Gasteiger partial charge in [-0.3, -0.25) is 9.59 Å². The van der Waals surface area contributed by atoms with Gasteiger partial charge in [-0.1, -0.05) is 320 Å². The summed E-state index contributed by atoms with van der Waals surface area (Å²) < 4.78 is 5.50. The average Bonchev–Trinajstić information content (AvgIpc) is 3.43. The SMILES string of the molecule is CCCCC/C=C\C/C=C\CCCCCCCCCCCC(=O)OCCCCCCCCCCCCCC/C=C\CCCCCCCCCCCCC(=O)NC(CO)C(O)CCCCCCCCCCCCCCCCC. The molecule has 0 aliphatic heterocycles. The maximum Gasteiger partial charge on any atom is 0.305 e. The fourth-order valence-electron chi connectivity index (χ4n) is 10.8. The maximum atomic E-state index is 12.5. The number of hydrogen-bond acceptors (Lipinski definition) is 5. The lowest BCUT2D eigenvalue weighted by atomic mass is 10.0. The molecule has 0 fully saturated rings. The molecule has 0 bridgehead atoms. The number of rotatable bonds is 65. The lowest BCUT2D eigenvalue weighted by Crippen LogP contribution is -2.45. The lowest BCUT2D eigenvalue weighted by molar-refractivity contribution is -0.143. The molecule has 0 aromatic carbocycles. The van der Waals surface area contributed by atoms with E-state index in [4.69, 9.17) is 4.74 Å². The van der Waals surface area contributed by atoms with Crippen molar-refractivity contribution in [1.29, 1.82) is 0 Å². The van der Waals surface area contributed by atoms with Crippen LogP contribution < -0.4 is 5.32 Å². The molecule has 6 nitrogen and oxygen atoms in total. The summed E-state index contributed by atoms with van der Waals surface area (Å²) in [6, 6.07) is -0.543. The second-order valence-corrected chi connectivity index (χ2v) is 23.9. The van der Waals surface area contributed by atoms with Crippen LogP contribution in [0.2, 0.25) is 0 Å². The molecule has 0 saturated carbocycles. The van der Waals surface area contributed by atoms with E-state index in [0.29, 0.717) is 25.9 Å². The molecular weight excluding hydrogens is 947 g/mol. The molecule has 0 aliphatic rings. The molecule has 1 amide bonds. The van der Waals surface area contributed by atoms with Crippen molar-refractivity contribution in [2.45, 2.75) is 392 Å². The first-order chi connectivity index (χ1) is 38.0. The molecule has 0 heterocycles. The van der Waals surface area contributed by atoms with E-state index in [1.54, 1.807) is 0 Å². The van der Waals surface area contributed by atoms with E-state index >= 15 is 0 Å². The van der Waals surface area contributed by atoms with E-state index in [9.17, 15) is 19.8 Å². The third-order valence-electron chi connectivity index (χ3n) is 16.2. The summed E-state index contributed by atoms with van der Waals surface area (Å²) in [5.74, 6) is -0.0236. The number of amides is 1. The molecule has 0 aliphatic carbocycles. The molecular formula is C71H135NO5. The van der Waals surface area contributed by atoms with Gasteiger partial charge >= 0.3 is 5.97 Å². The average molecular weight is 1080 g/mol. The highest BCUT2D eigenvalue weighted by Gasteiger charge is 2.20. The van der Waals surface area contributed by atoms with Crippen LogP contribution in [0.1, 0.15) is 380 Å². The van der Waals surface area contributed by atoms with Gasteiger partial charge in [-0.15, -0.1) is 0 Å². The molecule has 0 saturated heterocycles. The lowest BCUT2D eigenvalue weighted by Gasteiger charge is -2.22. The van der Waals surface area contributed by atoms with Gasteiger partial charge in [0.1, 0.15) is 0 Å². The summed E-state index contributed by atoms with van der Waals surface area (Å²) >= 11 is 0. The third-order valence-corrected chi connectivity index (χ3v) is 16.2. The molecule has 3 N–H and O–H groups in total. The van der Waals surface area contributed by atoms with Gasteiger partial charge in [0.25, 0.3) is 0 Å². The van der Waals surface area contributed by atoms with Gasteiger partial charge in [-0.05, 0) is 83.5 Å². The van der Waals surface area contributed by atoms with Crippen LogP contribution in [-0.4, -0.2) is 47.4 Å². The summed E-state index contributed by atoms with van der Waals surface area (Å²) in [7, 11) is 0. The monoisotopic (exact) mass is 1080 g/mol. The molecule has 0 rings (SSSR count). The Hall–Kier alpha value is -1.92. The Balaban J connectivity index is 3.37. The Morgan fingerprint density at radius 2 is 0.649 bits per heavy atom. The zero-order chi connectivity index (χ0) is 55.7. The Morgan fingerprint density at radius 3 is 1.03 bits per heavy atom. The summed E-state index contributed by atoms with van der Waals surface area (Å²) in [5.41, 5.74) is 0. The van der Waals surface area contributed by atoms with E-state index in [1.165, 1.54) is 295 Å². The first kappa shape index (κ1) is 75.1. The van der Waals surface area contributed by atoms with Gasteiger partial charge in [0.15, 0.2) is 0 Å². The Labute approximate surface area is 481 Å². The number of ether oxygens (including phenoxy) is 1. The standard InChI is InChI=1S/C71H135NO5/c1-3-5-7-9-11-13-15-17-19-20-29-33-37-41-45-49-53-57-61-65-71(76)77-66-62-58-54-50-46-42-38-34-31-28-26-24-22-21-23-25-27-30-32-36-40-44-48-52-56-60-64-70(75)72-68(67-73)69(74)63-59-55-51-47-43-39-35-18-16-14-12-10-8-6-4-2/h11,13,17,19,21,23,68-69,73-74H,3-10,12,14-16,18,20,22,24-67H2,1-2H3,(H,72,75)/b13-11-,19-17-,23-21-. The van der Waals surface area contributed by atoms with E-state index in [-0.39, 0.29) is 18.5 Å². The fraction of sp³-hybridized carbons (Fsp3) is 0.887. The molecule has 0 aromatic heterocycles. The number of carbonyl (C=O) groups excluding carboxylic acids is 2. The van der Waals surface area contributed by atoms with Gasteiger partial charge < -0.3 is 20.3 Å². The van der Waals surface area contributed by atoms with Crippen LogP contribution in [0.4, 0.5) is 0 Å². The minimum atomic E-state index is -0.665. The number of aliphatic hydroxyl groups excluding tert-OH is 2. The highest BCUT2D eigenvalue weighted by Crippen LogP contribution is 2.18. The number of nitrogens with one attached hydrogen (secondary N) is 1. The predicted molar refractivity (Wildman–Crippen MR) is 338 cm³/mol. The smallest absolute Gasteiger partial charge is 0.305 e. The highest BCUT2D eigenvalue weighted by atomic mass is 16.5. The largest absolute Gasteiger partial charge is 0.466 e. The number of carbonyl (C=O) groups is 2. The number of aliphatic hydroxyl groups is 2. The first-order valence-corrected chi connectivity index (χ1v) is 34.7. The van der Waals surface area contributed by atoms with Crippen LogP contribution in [0.5, 0.6) is 0 Å². The first-order valence-electron chi connectivity index (χ1n) is 34.7. The Bertz CT molecular complexity index is 1250. The molecule has 0 spiro atoms. The van der Waals surface area contributed by atoms with Crippen molar-refractivity contribution < 1.29 is 24.5 Å². The van der Waals surface area contributed by atoms with E-state index in [2.05, 4.69) is 55.6 Å². The van der Waals surface area contributed by atoms with E-state index in [0.717, 1.165) is 51.4 Å². The van der Waals surface area contributed by atoms with Crippen molar-refractivity contribution in [3.63, 3.8) is 0 Å². The van der Waals surface area contributed by atoms with E-state index in [1.807, 2.05) is 0 Å². The molecule has 77 heavy (non-hydrogen) atoms.